The second kappa shape index (κ2) is 6.14. The normalized spacial score (nSPS) is 19.2. The zero-order chi connectivity index (χ0) is 15.5. The van der Waals surface area contributed by atoms with E-state index in [9.17, 15) is 9.59 Å². The molecule has 0 unspecified atom stereocenters. The monoisotopic (exact) mass is 293 g/mol. The van der Waals surface area contributed by atoms with Gasteiger partial charge in [0, 0.05) is 29.6 Å². The first-order valence-corrected chi connectivity index (χ1v) is 7.65. The Morgan fingerprint density at radius 1 is 1.05 bits per heavy atom. The maximum absolute atomic E-state index is 12.7. The van der Waals surface area contributed by atoms with Crippen molar-refractivity contribution in [3.63, 3.8) is 0 Å². The second-order valence-corrected chi connectivity index (χ2v) is 5.72. The van der Waals surface area contributed by atoms with Crippen LogP contribution in [0.4, 0.5) is 5.69 Å². The Hall–Kier alpha value is -2.42. The Morgan fingerprint density at radius 2 is 1.64 bits per heavy atom. The molecule has 0 spiro atoms. The van der Waals surface area contributed by atoms with Crippen molar-refractivity contribution >= 4 is 17.4 Å². The zero-order valence-electron chi connectivity index (χ0n) is 12.6. The van der Waals surface area contributed by atoms with Crippen LogP contribution in [-0.2, 0) is 4.79 Å². The van der Waals surface area contributed by atoms with Gasteiger partial charge in [-0.25, -0.2) is 0 Å². The van der Waals surface area contributed by atoms with Crippen LogP contribution >= 0.6 is 0 Å². The van der Waals surface area contributed by atoms with Crippen LogP contribution in [0.5, 0.6) is 0 Å². The van der Waals surface area contributed by atoms with Gasteiger partial charge in [-0.2, -0.15) is 0 Å². The minimum atomic E-state index is -0.214. The lowest BCUT2D eigenvalue weighted by atomic mass is 9.91. The average Bonchev–Trinajstić information content (AvgIpc) is 2.96. The van der Waals surface area contributed by atoms with E-state index in [1.165, 1.54) is 0 Å². The molecule has 1 saturated heterocycles. The van der Waals surface area contributed by atoms with Gasteiger partial charge in [-0.3, -0.25) is 9.59 Å². The molecule has 0 radical (unpaired) electrons. The smallest absolute Gasteiger partial charge is 0.227 e. The molecular formula is C19H19NO2. The van der Waals surface area contributed by atoms with Crippen LogP contribution in [0.1, 0.15) is 30.1 Å². The number of carbonyl (C=O) groups is 2. The molecule has 0 aromatic heterocycles. The number of carbonyl (C=O) groups excluding carboxylic acids is 2. The van der Waals surface area contributed by atoms with E-state index in [1.54, 1.807) is 4.90 Å². The summed E-state index contributed by atoms with van der Waals surface area (Å²) >= 11 is 0. The van der Waals surface area contributed by atoms with Crippen molar-refractivity contribution in [3.05, 3.63) is 66.2 Å². The quantitative estimate of drug-likeness (QED) is 0.806. The number of rotatable bonds is 4. The van der Waals surface area contributed by atoms with E-state index in [1.807, 2.05) is 67.6 Å². The summed E-state index contributed by atoms with van der Waals surface area (Å²) in [6.07, 6.45) is 1.24. The molecule has 1 aliphatic heterocycles. The third kappa shape index (κ3) is 2.67. The molecule has 1 heterocycles. The van der Waals surface area contributed by atoms with Gasteiger partial charge in [-0.1, -0.05) is 55.5 Å². The largest absolute Gasteiger partial charge is 0.309 e. The fourth-order valence-electron chi connectivity index (χ4n) is 3.14. The van der Waals surface area contributed by atoms with Crippen LogP contribution in [0.25, 0.3) is 0 Å². The number of ketones is 1. The maximum Gasteiger partial charge on any atom is 0.227 e. The predicted molar refractivity (Wildman–Crippen MR) is 86.9 cm³/mol. The lowest BCUT2D eigenvalue weighted by molar-refractivity contribution is -0.117. The Kier molecular flexibility index (Phi) is 4.05. The van der Waals surface area contributed by atoms with Gasteiger partial charge in [0.1, 0.15) is 0 Å². The number of Topliss-reactive ketones (excluding diaryl/α,β-unsaturated/α-hetero) is 1. The van der Waals surface area contributed by atoms with Gasteiger partial charge in [-0.05, 0) is 18.6 Å². The number of benzene rings is 2. The highest BCUT2D eigenvalue weighted by molar-refractivity contribution is 6.01. The van der Waals surface area contributed by atoms with E-state index in [0.29, 0.717) is 12.0 Å². The van der Waals surface area contributed by atoms with Crippen molar-refractivity contribution in [1.29, 1.82) is 0 Å². The van der Waals surface area contributed by atoms with Gasteiger partial charge < -0.3 is 4.90 Å². The summed E-state index contributed by atoms with van der Waals surface area (Å²) in [6.45, 7) is 1.93. The molecule has 3 nitrogen and oxygen atoms in total. The SMILES string of the molecule is C[C@@H](C(=O)c1ccccc1)[C@H]1CCC(=O)N1c1ccccc1. The topological polar surface area (TPSA) is 37.4 Å². The maximum atomic E-state index is 12.7. The Bertz CT molecular complexity index is 666. The van der Waals surface area contributed by atoms with Crippen molar-refractivity contribution in [3.8, 4) is 0 Å². The average molecular weight is 293 g/mol. The van der Waals surface area contributed by atoms with Crippen molar-refractivity contribution in [1.82, 2.24) is 0 Å². The number of hydrogen-bond donors (Lipinski definition) is 0. The van der Waals surface area contributed by atoms with E-state index in [-0.39, 0.29) is 23.7 Å². The van der Waals surface area contributed by atoms with Gasteiger partial charge in [0.2, 0.25) is 5.91 Å². The Balaban J connectivity index is 1.87. The van der Waals surface area contributed by atoms with Gasteiger partial charge in [0.05, 0.1) is 0 Å². The van der Waals surface area contributed by atoms with Gasteiger partial charge in [0.15, 0.2) is 5.78 Å². The summed E-state index contributed by atoms with van der Waals surface area (Å²) in [5.74, 6) is -0.0146. The summed E-state index contributed by atoms with van der Waals surface area (Å²) in [7, 11) is 0. The van der Waals surface area contributed by atoms with Crippen LogP contribution in [0.15, 0.2) is 60.7 Å². The lowest BCUT2D eigenvalue weighted by Gasteiger charge is -2.29. The second-order valence-electron chi connectivity index (χ2n) is 5.72. The van der Waals surface area contributed by atoms with Crippen molar-refractivity contribution in [2.45, 2.75) is 25.8 Å². The molecule has 112 valence electrons. The van der Waals surface area contributed by atoms with E-state index in [0.717, 1.165) is 12.1 Å². The number of anilines is 1. The van der Waals surface area contributed by atoms with Crippen molar-refractivity contribution in [2.75, 3.05) is 4.90 Å². The van der Waals surface area contributed by atoms with E-state index < -0.39 is 0 Å². The van der Waals surface area contributed by atoms with Crippen LogP contribution in [-0.4, -0.2) is 17.7 Å². The highest BCUT2D eigenvalue weighted by Gasteiger charge is 2.38. The first-order valence-electron chi connectivity index (χ1n) is 7.65. The minimum absolute atomic E-state index is 0.0670. The Morgan fingerprint density at radius 3 is 2.27 bits per heavy atom. The lowest BCUT2D eigenvalue weighted by Crippen LogP contribution is -2.40. The van der Waals surface area contributed by atoms with E-state index in [2.05, 4.69) is 0 Å². The summed E-state index contributed by atoms with van der Waals surface area (Å²) < 4.78 is 0. The molecule has 0 aliphatic carbocycles. The van der Waals surface area contributed by atoms with Gasteiger partial charge >= 0.3 is 0 Å². The highest BCUT2D eigenvalue weighted by Crippen LogP contribution is 2.32. The van der Waals surface area contributed by atoms with Crippen molar-refractivity contribution in [2.24, 2.45) is 5.92 Å². The molecule has 3 heteroatoms. The number of amides is 1. The fraction of sp³-hybridized carbons (Fsp3) is 0.263. The van der Waals surface area contributed by atoms with Crippen LogP contribution in [0, 0.1) is 5.92 Å². The summed E-state index contributed by atoms with van der Waals surface area (Å²) in [6, 6.07) is 18.9. The molecule has 2 atom stereocenters. The molecule has 2 aromatic carbocycles. The van der Waals surface area contributed by atoms with Crippen LogP contribution in [0.2, 0.25) is 0 Å². The van der Waals surface area contributed by atoms with E-state index in [4.69, 9.17) is 0 Å². The third-order valence-electron chi connectivity index (χ3n) is 4.34. The standard InChI is InChI=1S/C19H19NO2/c1-14(19(22)15-8-4-2-5-9-15)17-12-13-18(21)20(17)16-10-6-3-7-11-16/h2-11,14,17H,12-13H2,1H3/t14-,17-/m1/s1. The molecule has 3 rings (SSSR count). The Labute approximate surface area is 130 Å². The number of hydrogen-bond acceptors (Lipinski definition) is 2. The van der Waals surface area contributed by atoms with E-state index >= 15 is 0 Å². The molecule has 1 fully saturated rings. The van der Waals surface area contributed by atoms with Crippen LogP contribution < -0.4 is 4.90 Å². The summed E-state index contributed by atoms with van der Waals surface area (Å²) in [4.78, 5) is 26.7. The number of para-hydroxylation sites is 1. The highest BCUT2D eigenvalue weighted by atomic mass is 16.2. The summed E-state index contributed by atoms with van der Waals surface area (Å²) in [5.41, 5.74) is 1.59. The first kappa shape index (κ1) is 14.5. The summed E-state index contributed by atoms with van der Waals surface area (Å²) in [5, 5.41) is 0. The zero-order valence-corrected chi connectivity index (χ0v) is 12.6. The first-order chi connectivity index (χ1) is 10.7. The molecule has 0 bridgehead atoms. The molecule has 22 heavy (non-hydrogen) atoms. The fourth-order valence-corrected chi connectivity index (χ4v) is 3.14. The molecular weight excluding hydrogens is 274 g/mol. The minimum Gasteiger partial charge on any atom is -0.309 e. The molecule has 0 saturated carbocycles. The van der Waals surface area contributed by atoms with Crippen molar-refractivity contribution < 1.29 is 9.59 Å². The van der Waals surface area contributed by atoms with Gasteiger partial charge in [0.25, 0.3) is 0 Å². The number of nitrogens with zero attached hydrogens (tertiary/aromatic N) is 1. The van der Waals surface area contributed by atoms with Gasteiger partial charge in [-0.15, -0.1) is 0 Å². The predicted octanol–water partition coefficient (Wildman–Crippen LogP) is 3.70. The molecule has 2 aromatic rings. The molecule has 1 amide bonds. The molecule has 1 aliphatic rings. The third-order valence-corrected chi connectivity index (χ3v) is 4.34. The van der Waals surface area contributed by atoms with Crippen LogP contribution in [0.3, 0.4) is 0 Å². The molecule has 0 N–H and O–H groups in total.